The van der Waals surface area contributed by atoms with E-state index < -0.39 is 0 Å². The summed E-state index contributed by atoms with van der Waals surface area (Å²) >= 11 is 0. The van der Waals surface area contributed by atoms with Crippen molar-refractivity contribution in [2.75, 3.05) is 0 Å². The molecule has 7 aromatic rings. The highest BCUT2D eigenvalue weighted by atomic mass is 16.5. The van der Waals surface area contributed by atoms with E-state index in [-0.39, 0.29) is 0 Å². The molecule has 2 heterocycles. The molecular weight excluding hydrogens is 370 g/mol. The molecule has 0 atom stereocenters. The van der Waals surface area contributed by atoms with Gasteiger partial charge in [0.15, 0.2) is 5.58 Å². The van der Waals surface area contributed by atoms with Crippen LogP contribution in [0.15, 0.2) is 99.9 Å². The summed E-state index contributed by atoms with van der Waals surface area (Å²) in [5, 5.41) is 12.3. The molecular formula is C27H15NO2. The van der Waals surface area contributed by atoms with Crippen LogP contribution < -0.4 is 0 Å². The summed E-state index contributed by atoms with van der Waals surface area (Å²) in [6, 6.07) is 31.2. The molecule has 7 rings (SSSR count). The Morgan fingerprint density at radius 3 is 2.27 bits per heavy atom. The first-order valence-corrected chi connectivity index (χ1v) is 9.99. The van der Waals surface area contributed by atoms with Gasteiger partial charge >= 0.3 is 0 Å². The van der Waals surface area contributed by atoms with Crippen LogP contribution in [0.25, 0.3) is 65.7 Å². The van der Waals surface area contributed by atoms with E-state index in [2.05, 4.69) is 65.8 Å². The molecule has 140 valence electrons. The predicted molar refractivity (Wildman–Crippen MR) is 122 cm³/mol. The van der Waals surface area contributed by atoms with E-state index in [9.17, 15) is 0 Å². The van der Waals surface area contributed by atoms with Gasteiger partial charge in [0.05, 0.1) is 5.39 Å². The fraction of sp³-hybridized carbons (Fsp3) is 0. The number of hydrogen-bond acceptors (Lipinski definition) is 3. The van der Waals surface area contributed by atoms with Gasteiger partial charge in [-0.2, -0.15) is 0 Å². The van der Waals surface area contributed by atoms with Gasteiger partial charge in [0.2, 0.25) is 0 Å². The van der Waals surface area contributed by atoms with E-state index in [0.29, 0.717) is 0 Å². The number of furan rings is 1. The van der Waals surface area contributed by atoms with Gasteiger partial charge in [-0.25, -0.2) is 0 Å². The van der Waals surface area contributed by atoms with Crippen LogP contribution in [0.4, 0.5) is 0 Å². The lowest BCUT2D eigenvalue weighted by Crippen LogP contribution is -1.81. The van der Waals surface area contributed by atoms with Crippen molar-refractivity contribution < 1.29 is 8.94 Å². The smallest absolute Gasteiger partial charge is 0.175 e. The number of nitrogens with zero attached hydrogens (tertiary/aromatic N) is 1. The monoisotopic (exact) mass is 385 g/mol. The Hall–Kier alpha value is -4.11. The van der Waals surface area contributed by atoms with Gasteiger partial charge in [-0.15, -0.1) is 0 Å². The Balaban J connectivity index is 1.62. The molecule has 0 aliphatic rings. The summed E-state index contributed by atoms with van der Waals surface area (Å²) in [5.74, 6) is 0. The quantitative estimate of drug-likeness (QED) is 0.272. The van der Waals surface area contributed by atoms with Crippen LogP contribution in [0.3, 0.4) is 0 Å². The van der Waals surface area contributed by atoms with Gasteiger partial charge in [-0.3, -0.25) is 0 Å². The van der Waals surface area contributed by atoms with Crippen molar-refractivity contribution in [2.24, 2.45) is 0 Å². The molecule has 0 fully saturated rings. The van der Waals surface area contributed by atoms with Crippen LogP contribution in [0.2, 0.25) is 0 Å². The van der Waals surface area contributed by atoms with Gasteiger partial charge in [-0.05, 0) is 34.4 Å². The van der Waals surface area contributed by atoms with E-state index in [4.69, 9.17) is 8.94 Å². The predicted octanol–water partition coefficient (Wildman–Crippen LogP) is 7.70. The lowest BCUT2D eigenvalue weighted by molar-refractivity contribution is 0.462. The zero-order valence-corrected chi connectivity index (χ0v) is 15.9. The Kier molecular flexibility index (Phi) is 3.00. The number of benzene rings is 5. The molecule has 0 radical (unpaired) electrons. The fourth-order valence-corrected chi connectivity index (χ4v) is 4.65. The summed E-state index contributed by atoms with van der Waals surface area (Å²) in [5.41, 5.74) is 4.43. The van der Waals surface area contributed by atoms with E-state index in [0.717, 1.165) is 54.9 Å². The minimum Gasteiger partial charge on any atom is -0.456 e. The first-order valence-electron chi connectivity index (χ1n) is 9.99. The second-order valence-electron chi connectivity index (χ2n) is 7.64. The zero-order chi connectivity index (χ0) is 19.7. The van der Waals surface area contributed by atoms with Crippen LogP contribution in [0, 0.1) is 0 Å². The average Bonchev–Trinajstić information content (AvgIpc) is 3.40. The summed E-state index contributed by atoms with van der Waals surface area (Å²) < 4.78 is 12.1. The minimum absolute atomic E-state index is 0.823. The summed E-state index contributed by atoms with van der Waals surface area (Å²) in [4.78, 5) is 0. The molecule has 0 unspecified atom stereocenters. The SMILES string of the molecule is c1ccc2c(c1)ccc1ccc3c(-c4cccc5oc6ccccc6c45)noc3c12. The molecule has 0 saturated carbocycles. The Labute approximate surface area is 171 Å². The minimum atomic E-state index is 0.823. The van der Waals surface area contributed by atoms with Gasteiger partial charge in [0.1, 0.15) is 16.9 Å². The molecule has 0 spiro atoms. The molecule has 0 saturated heterocycles. The van der Waals surface area contributed by atoms with E-state index in [1.54, 1.807) is 0 Å². The number of fused-ring (bicyclic) bond motifs is 8. The molecule has 3 heteroatoms. The second-order valence-corrected chi connectivity index (χ2v) is 7.64. The van der Waals surface area contributed by atoms with Crippen LogP contribution in [0.1, 0.15) is 0 Å². The number of hydrogen-bond donors (Lipinski definition) is 0. The van der Waals surface area contributed by atoms with E-state index in [1.807, 2.05) is 30.3 Å². The Morgan fingerprint density at radius 1 is 0.533 bits per heavy atom. The lowest BCUT2D eigenvalue weighted by Gasteiger charge is -2.04. The first-order chi connectivity index (χ1) is 14.9. The molecule has 5 aromatic carbocycles. The highest BCUT2D eigenvalue weighted by molar-refractivity contribution is 6.21. The van der Waals surface area contributed by atoms with Crippen molar-refractivity contribution in [3.05, 3.63) is 91.0 Å². The number of aromatic nitrogens is 1. The number of para-hydroxylation sites is 1. The second kappa shape index (κ2) is 5.71. The maximum absolute atomic E-state index is 6.07. The molecule has 0 amide bonds. The highest BCUT2D eigenvalue weighted by Crippen LogP contribution is 2.41. The lowest BCUT2D eigenvalue weighted by atomic mass is 9.97. The van der Waals surface area contributed by atoms with Crippen LogP contribution >= 0.6 is 0 Å². The molecule has 0 aliphatic carbocycles. The first kappa shape index (κ1) is 15.8. The summed E-state index contributed by atoms with van der Waals surface area (Å²) in [7, 11) is 0. The van der Waals surface area contributed by atoms with Crippen molar-refractivity contribution in [3.8, 4) is 11.3 Å². The highest BCUT2D eigenvalue weighted by Gasteiger charge is 2.19. The van der Waals surface area contributed by atoms with Crippen molar-refractivity contribution in [1.29, 1.82) is 0 Å². The fourth-order valence-electron chi connectivity index (χ4n) is 4.65. The molecule has 30 heavy (non-hydrogen) atoms. The third-order valence-electron chi connectivity index (χ3n) is 6.00. The van der Waals surface area contributed by atoms with Crippen LogP contribution in [-0.2, 0) is 0 Å². The van der Waals surface area contributed by atoms with Gasteiger partial charge < -0.3 is 8.94 Å². The molecule has 3 nitrogen and oxygen atoms in total. The average molecular weight is 385 g/mol. The molecule has 0 bridgehead atoms. The van der Waals surface area contributed by atoms with E-state index in [1.165, 1.54) is 10.8 Å². The van der Waals surface area contributed by atoms with Crippen molar-refractivity contribution in [3.63, 3.8) is 0 Å². The maximum Gasteiger partial charge on any atom is 0.175 e. The normalized spacial score (nSPS) is 12.0. The largest absolute Gasteiger partial charge is 0.456 e. The third kappa shape index (κ3) is 2.01. The zero-order valence-electron chi connectivity index (χ0n) is 15.9. The van der Waals surface area contributed by atoms with Gasteiger partial charge in [-0.1, -0.05) is 78.0 Å². The standard InChI is InChI=1S/C27H15NO2/c1-2-7-18-16(6-1)12-13-17-14-15-21-26(28-30-27(21)24(17)18)20-9-5-11-23-25(20)19-8-3-4-10-22(19)29-23/h1-15H. The van der Waals surface area contributed by atoms with Crippen LogP contribution in [-0.4, -0.2) is 5.16 Å². The molecule has 0 aliphatic heterocycles. The summed E-state index contributed by atoms with van der Waals surface area (Å²) in [6.07, 6.45) is 0. The number of rotatable bonds is 1. The van der Waals surface area contributed by atoms with E-state index >= 15 is 0 Å². The third-order valence-corrected chi connectivity index (χ3v) is 6.00. The van der Waals surface area contributed by atoms with Crippen molar-refractivity contribution >= 4 is 54.5 Å². The van der Waals surface area contributed by atoms with Crippen molar-refractivity contribution in [1.82, 2.24) is 5.16 Å². The van der Waals surface area contributed by atoms with Gasteiger partial charge in [0.25, 0.3) is 0 Å². The summed E-state index contributed by atoms with van der Waals surface area (Å²) in [6.45, 7) is 0. The van der Waals surface area contributed by atoms with Crippen molar-refractivity contribution in [2.45, 2.75) is 0 Å². The molecule has 2 aromatic heterocycles. The maximum atomic E-state index is 6.07. The molecule has 0 N–H and O–H groups in total. The van der Waals surface area contributed by atoms with Crippen LogP contribution in [0.5, 0.6) is 0 Å². The topological polar surface area (TPSA) is 39.2 Å². The Morgan fingerprint density at radius 2 is 1.30 bits per heavy atom. The van der Waals surface area contributed by atoms with Gasteiger partial charge in [0, 0.05) is 21.7 Å². The Bertz CT molecular complexity index is 1750.